The summed E-state index contributed by atoms with van der Waals surface area (Å²) in [6.07, 6.45) is 2.15. The molecule has 0 aliphatic carbocycles. The summed E-state index contributed by atoms with van der Waals surface area (Å²) in [5.41, 5.74) is 5.94. The van der Waals surface area contributed by atoms with Gasteiger partial charge in [0.25, 0.3) is 11.8 Å². The molecule has 8 heteroatoms. The maximum Gasteiger partial charge on any atom is 0.276 e. The first-order chi connectivity index (χ1) is 12.4. The molecule has 0 radical (unpaired) electrons. The highest BCUT2D eigenvalue weighted by Crippen LogP contribution is 2.47. The first-order valence-corrected chi connectivity index (χ1v) is 9.68. The molecule has 0 saturated carbocycles. The van der Waals surface area contributed by atoms with Gasteiger partial charge in [0, 0.05) is 12.2 Å². The van der Waals surface area contributed by atoms with Gasteiger partial charge in [-0.05, 0) is 37.5 Å². The summed E-state index contributed by atoms with van der Waals surface area (Å²) in [6, 6.07) is 6.94. The average Bonchev–Trinajstić information content (AvgIpc) is 3.14. The van der Waals surface area contributed by atoms with Crippen LogP contribution in [0.3, 0.4) is 0 Å². The van der Waals surface area contributed by atoms with Gasteiger partial charge >= 0.3 is 0 Å². The van der Waals surface area contributed by atoms with Crippen molar-refractivity contribution in [3.05, 3.63) is 29.8 Å². The van der Waals surface area contributed by atoms with Crippen molar-refractivity contribution >= 4 is 29.5 Å². The smallest absolute Gasteiger partial charge is 0.276 e. The van der Waals surface area contributed by atoms with Gasteiger partial charge in [0.1, 0.15) is 11.8 Å². The van der Waals surface area contributed by atoms with Crippen LogP contribution in [0.1, 0.15) is 32.3 Å². The lowest BCUT2D eigenvalue weighted by Crippen LogP contribution is -2.54. The van der Waals surface area contributed by atoms with Crippen LogP contribution >= 0.6 is 11.8 Å². The fourth-order valence-corrected chi connectivity index (χ4v) is 4.67. The Bertz CT molecular complexity index is 709. The Morgan fingerprint density at radius 3 is 2.73 bits per heavy atom. The highest BCUT2D eigenvalue weighted by Gasteiger charge is 2.52. The van der Waals surface area contributed by atoms with E-state index in [-0.39, 0.29) is 23.3 Å². The quantitative estimate of drug-likeness (QED) is 0.754. The first kappa shape index (κ1) is 18.6. The average molecular weight is 377 g/mol. The Balaban J connectivity index is 1.45. The van der Waals surface area contributed by atoms with E-state index in [1.165, 1.54) is 5.56 Å². The van der Waals surface area contributed by atoms with Gasteiger partial charge in [0.15, 0.2) is 6.61 Å². The van der Waals surface area contributed by atoms with E-state index in [4.69, 9.17) is 4.74 Å². The molecule has 0 bridgehead atoms. The van der Waals surface area contributed by atoms with Crippen LogP contribution in [0.25, 0.3) is 0 Å². The van der Waals surface area contributed by atoms with Crippen LogP contribution in [0.5, 0.6) is 5.75 Å². The Kier molecular flexibility index (Phi) is 5.41. The molecule has 0 aromatic heterocycles. The minimum Gasteiger partial charge on any atom is -0.484 e. The molecule has 7 nitrogen and oxygen atoms in total. The summed E-state index contributed by atoms with van der Waals surface area (Å²) in [6.45, 7) is 3.84. The third kappa shape index (κ3) is 3.80. The van der Waals surface area contributed by atoms with Crippen molar-refractivity contribution < 1.29 is 19.1 Å². The van der Waals surface area contributed by atoms with Crippen molar-refractivity contribution in [1.29, 1.82) is 0 Å². The number of rotatable bonds is 5. The maximum absolute atomic E-state index is 12.4. The van der Waals surface area contributed by atoms with E-state index in [2.05, 4.69) is 17.8 Å². The van der Waals surface area contributed by atoms with Crippen molar-refractivity contribution in [2.45, 2.75) is 44.0 Å². The molecule has 2 aliphatic heterocycles. The second-order valence-corrected chi connectivity index (χ2v) is 8.09. The van der Waals surface area contributed by atoms with Crippen molar-refractivity contribution in [3.8, 4) is 5.75 Å². The van der Waals surface area contributed by atoms with Crippen molar-refractivity contribution in [1.82, 2.24) is 15.8 Å². The predicted molar refractivity (Wildman–Crippen MR) is 98.3 cm³/mol. The molecule has 140 valence electrons. The topological polar surface area (TPSA) is 87.7 Å². The zero-order valence-electron chi connectivity index (χ0n) is 14.9. The van der Waals surface area contributed by atoms with Crippen molar-refractivity contribution in [2.75, 3.05) is 12.4 Å². The Hall–Kier alpha value is -2.22. The van der Waals surface area contributed by atoms with Crippen molar-refractivity contribution in [2.24, 2.45) is 0 Å². The molecule has 2 N–H and O–H groups in total. The van der Waals surface area contributed by atoms with Gasteiger partial charge in [-0.25, -0.2) is 0 Å². The van der Waals surface area contributed by atoms with Crippen LogP contribution in [-0.2, 0) is 20.8 Å². The van der Waals surface area contributed by atoms with Gasteiger partial charge in [0.05, 0.1) is 4.87 Å². The molecule has 0 unspecified atom stereocenters. The van der Waals surface area contributed by atoms with Gasteiger partial charge in [-0.2, -0.15) is 0 Å². The number of aryl methyl sites for hydroxylation is 1. The second-order valence-electron chi connectivity index (χ2n) is 6.59. The lowest BCUT2D eigenvalue weighted by atomic mass is 10.2. The van der Waals surface area contributed by atoms with E-state index < -0.39 is 11.9 Å². The Morgan fingerprint density at radius 1 is 1.31 bits per heavy atom. The lowest BCUT2D eigenvalue weighted by molar-refractivity contribution is -0.139. The van der Waals surface area contributed by atoms with E-state index in [0.717, 1.165) is 12.8 Å². The normalized spacial score (nSPS) is 24.3. The standard InChI is InChI=1S/C18H23N3O4S/c1-3-12-4-6-13(7-5-12)25-10-15(22)19-20-17(24)14-11-26-18(2)9-8-16(23)21(14)18/h4-7,14H,3,8-11H2,1-2H3,(H,19,22)(H,20,24)/t14-,18+/m1/s1. The minimum atomic E-state index is -0.553. The lowest BCUT2D eigenvalue weighted by Gasteiger charge is -2.29. The third-order valence-electron chi connectivity index (χ3n) is 4.77. The molecule has 2 aliphatic rings. The number of carbonyl (C=O) groups is 3. The van der Waals surface area contributed by atoms with Crippen LogP contribution in [0.4, 0.5) is 0 Å². The van der Waals surface area contributed by atoms with Crippen LogP contribution in [-0.4, -0.2) is 45.9 Å². The number of hydrazine groups is 1. The number of hydrogen-bond donors (Lipinski definition) is 2. The maximum atomic E-state index is 12.4. The molecule has 2 atom stereocenters. The van der Waals surface area contributed by atoms with Crippen molar-refractivity contribution in [3.63, 3.8) is 0 Å². The van der Waals surface area contributed by atoms with Gasteiger partial charge in [-0.1, -0.05) is 19.1 Å². The number of carbonyl (C=O) groups excluding carboxylic acids is 3. The summed E-state index contributed by atoms with van der Waals surface area (Å²) in [4.78, 5) is 37.6. The predicted octanol–water partition coefficient (Wildman–Crippen LogP) is 1.23. The van der Waals surface area contributed by atoms with Crippen LogP contribution < -0.4 is 15.6 Å². The summed E-state index contributed by atoms with van der Waals surface area (Å²) in [7, 11) is 0. The molecule has 1 aromatic rings. The highest BCUT2D eigenvalue weighted by molar-refractivity contribution is 8.01. The molecule has 0 spiro atoms. The van der Waals surface area contributed by atoms with Crippen LogP contribution in [0.15, 0.2) is 24.3 Å². The number of nitrogens with one attached hydrogen (secondary N) is 2. The van der Waals surface area contributed by atoms with E-state index in [0.29, 0.717) is 17.9 Å². The number of thioether (sulfide) groups is 1. The Morgan fingerprint density at radius 2 is 2.04 bits per heavy atom. The minimum absolute atomic E-state index is 0.0113. The SMILES string of the molecule is CCc1ccc(OCC(=O)NNC(=O)[C@H]2CS[C@@]3(C)CCC(=O)N23)cc1. The van der Waals surface area contributed by atoms with Gasteiger partial charge in [-0.15, -0.1) is 11.8 Å². The number of ether oxygens (including phenoxy) is 1. The van der Waals surface area contributed by atoms with E-state index >= 15 is 0 Å². The van der Waals surface area contributed by atoms with E-state index in [1.807, 2.05) is 19.1 Å². The summed E-state index contributed by atoms with van der Waals surface area (Å²) >= 11 is 1.61. The third-order valence-corrected chi connectivity index (χ3v) is 6.28. The summed E-state index contributed by atoms with van der Waals surface area (Å²) < 4.78 is 5.40. The van der Waals surface area contributed by atoms with E-state index in [1.54, 1.807) is 28.8 Å². The summed E-state index contributed by atoms with van der Waals surface area (Å²) in [5, 5.41) is 0. The van der Waals surface area contributed by atoms with Gasteiger partial charge < -0.3 is 9.64 Å². The fourth-order valence-electron chi connectivity index (χ4n) is 3.24. The molecule has 3 amide bonds. The Labute approximate surface area is 156 Å². The summed E-state index contributed by atoms with van der Waals surface area (Å²) in [5.74, 6) is 0.276. The van der Waals surface area contributed by atoms with Crippen LogP contribution in [0, 0.1) is 0 Å². The molecule has 2 fully saturated rings. The zero-order chi connectivity index (χ0) is 18.7. The number of benzene rings is 1. The molecular formula is C18H23N3O4S. The highest BCUT2D eigenvalue weighted by atomic mass is 32.2. The molecular weight excluding hydrogens is 354 g/mol. The molecule has 2 saturated heterocycles. The number of amides is 3. The number of nitrogens with zero attached hydrogens (tertiary/aromatic N) is 1. The monoisotopic (exact) mass is 377 g/mol. The van der Waals surface area contributed by atoms with Gasteiger partial charge in [-0.3, -0.25) is 25.2 Å². The first-order valence-electron chi connectivity index (χ1n) is 8.69. The van der Waals surface area contributed by atoms with Crippen LogP contribution in [0.2, 0.25) is 0 Å². The number of hydrogen-bond acceptors (Lipinski definition) is 5. The molecule has 3 rings (SSSR count). The number of fused-ring (bicyclic) bond motifs is 1. The molecule has 26 heavy (non-hydrogen) atoms. The second kappa shape index (κ2) is 7.57. The fraction of sp³-hybridized carbons (Fsp3) is 0.500. The largest absolute Gasteiger partial charge is 0.484 e. The molecule has 2 heterocycles. The molecule has 1 aromatic carbocycles. The van der Waals surface area contributed by atoms with Gasteiger partial charge in [0.2, 0.25) is 5.91 Å². The zero-order valence-corrected chi connectivity index (χ0v) is 15.7. The van der Waals surface area contributed by atoms with E-state index in [9.17, 15) is 14.4 Å².